The molecule has 250 valence electrons. The zero-order valence-electron chi connectivity index (χ0n) is 30.8. The van der Waals surface area contributed by atoms with Crippen molar-refractivity contribution in [1.82, 2.24) is 0 Å². The lowest BCUT2D eigenvalue weighted by Crippen LogP contribution is -2.49. The second-order valence-corrected chi connectivity index (χ2v) is 21.4. The van der Waals surface area contributed by atoms with Crippen LogP contribution in [0.2, 0.25) is 26.2 Å². The summed E-state index contributed by atoms with van der Waals surface area (Å²) >= 11 is 0. The molecule has 0 saturated carbocycles. The summed E-state index contributed by atoms with van der Waals surface area (Å²) in [5.74, 6) is 0.351. The van der Waals surface area contributed by atoms with Gasteiger partial charge in [-0.15, -0.1) is 0 Å². The molecule has 2 unspecified atom stereocenters. The summed E-state index contributed by atoms with van der Waals surface area (Å²) in [4.78, 5) is 15.7. The Morgan fingerprint density at radius 2 is 1.34 bits per heavy atom. The summed E-state index contributed by atoms with van der Waals surface area (Å²) in [5, 5.41) is 0. The number of Topliss-reactive ketones (excluding diaryl/α,β-unsaturated/α-hetero) is 1. The van der Waals surface area contributed by atoms with Crippen LogP contribution < -0.4 is 4.90 Å². The van der Waals surface area contributed by atoms with Crippen molar-refractivity contribution in [2.45, 2.75) is 146 Å². The fourth-order valence-corrected chi connectivity index (χ4v) is 8.27. The van der Waals surface area contributed by atoms with Crippen molar-refractivity contribution >= 4 is 35.6 Å². The molecular formula is C38H67NO3Si2. The van der Waals surface area contributed by atoms with Gasteiger partial charge in [0.25, 0.3) is 0 Å². The second kappa shape index (κ2) is 16.9. The van der Waals surface area contributed by atoms with Crippen molar-refractivity contribution in [2.24, 2.45) is 16.2 Å². The molecule has 1 aromatic rings. The number of anilines is 1. The molecule has 1 aliphatic carbocycles. The normalized spacial score (nSPS) is 17.7. The molecule has 1 aliphatic rings. The van der Waals surface area contributed by atoms with E-state index in [0.29, 0.717) is 12.2 Å². The molecule has 0 heterocycles. The summed E-state index contributed by atoms with van der Waals surface area (Å²) < 4.78 is 13.3. The van der Waals surface area contributed by atoms with Crippen molar-refractivity contribution in [3.8, 4) is 0 Å². The fraction of sp³-hybridized carbons (Fsp3) is 0.711. The lowest BCUT2D eigenvalue weighted by Gasteiger charge is -2.41. The number of unbranched alkanes of at least 4 members (excludes halogenated alkanes) is 3. The van der Waals surface area contributed by atoms with Gasteiger partial charge in [-0.3, -0.25) is 4.79 Å². The highest BCUT2D eigenvalue weighted by Crippen LogP contribution is 2.39. The third kappa shape index (κ3) is 13.1. The van der Waals surface area contributed by atoms with Crippen LogP contribution in [0.1, 0.15) is 113 Å². The highest BCUT2D eigenvalue weighted by molar-refractivity contribution is 6.48. The molecule has 0 radical (unpaired) electrons. The first-order valence-corrected chi connectivity index (χ1v) is 23.0. The molecule has 0 saturated heterocycles. The first-order chi connectivity index (χ1) is 20.3. The average Bonchev–Trinajstić information content (AvgIpc) is 2.87. The van der Waals surface area contributed by atoms with E-state index in [-0.39, 0.29) is 28.5 Å². The Kier molecular flexibility index (Phi) is 14.9. The van der Waals surface area contributed by atoms with E-state index in [1.165, 1.54) is 36.1 Å². The van der Waals surface area contributed by atoms with E-state index in [1.807, 2.05) is 0 Å². The van der Waals surface area contributed by atoms with Gasteiger partial charge in [-0.25, -0.2) is 0 Å². The third-order valence-corrected chi connectivity index (χ3v) is 10.4. The molecule has 0 amide bonds. The summed E-state index contributed by atoms with van der Waals surface area (Å²) in [5.41, 5.74) is 4.77. The molecule has 0 N–H and O–H groups in total. The van der Waals surface area contributed by atoms with E-state index < -0.39 is 18.1 Å². The number of benzene rings is 1. The summed E-state index contributed by atoms with van der Waals surface area (Å²) in [6.07, 6.45) is 12.0. The Hall–Kier alpha value is -1.48. The second-order valence-electron chi connectivity index (χ2n) is 16.7. The molecule has 4 nitrogen and oxygen atoms in total. The number of carbonyl (C=O) groups excluding carboxylic acids is 1. The van der Waals surface area contributed by atoms with E-state index in [2.05, 4.69) is 130 Å². The minimum atomic E-state index is -1.23. The summed E-state index contributed by atoms with van der Waals surface area (Å²) in [6, 6.07) is 8.97. The Morgan fingerprint density at radius 3 is 1.80 bits per heavy atom. The zero-order valence-corrected chi connectivity index (χ0v) is 33.1. The number of hydrogen-bond acceptors (Lipinski definition) is 4. The average molecular weight is 642 g/mol. The van der Waals surface area contributed by atoms with Crippen LogP contribution in [-0.2, 0) is 13.6 Å². The van der Waals surface area contributed by atoms with Gasteiger partial charge in [0, 0.05) is 25.2 Å². The first-order valence-electron chi connectivity index (χ1n) is 17.4. The van der Waals surface area contributed by atoms with Crippen LogP contribution in [0, 0.1) is 16.2 Å². The van der Waals surface area contributed by atoms with E-state index in [0.717, 1.165) is 37.9 Å². The number of carbonyl (C=O) groups is 1. The lowest BCUT2D eigenvalue weighted by molar-refractivity contribution is -0.118. The predicted molar refractivity (Wildman–Crippen MR) is 198 cm³/mol. The number of hydrogen-bond donors (Lipinski definition) is 0. The maximum Gasteiger partial charge on any atom is 0.171 e. The van der Waals surface area contributed by atoms with Crippen molar-refractivity contribution in [3.05, 3.63) is 47.1 Å². The van der Waals surface area contributed by atoms with Crippen molar-refractivity contribution in [2.75, 3.05) is 18.0 Å². The molecule has 0 spiro atoms. The Bertz CT molecular complexity index is 1060. The van der Waals surface area contributed by atoms with Crippen LogP contribution >= 0.6 is 0 Å². The summed E-state index contributed by atoms with van der Waals surface area (Å²) in [6.45, 7) is 31.2. The van der Waals surface area contributed by atoms with Gasteiger partial charge in [0.2, 0.25) is 0 Å². The van der Waals surface area contributed by atoms with Crippen molar-refractivity contribution in [3.63, 3.8) is 0 Å². The van der Waals surface area contributed by atoms with Gasteiger partial charge in [-0.1, -0.05) is 106 Å². The van der Waals surface area contributed by atoms with Crippen LogP contribution in [0.5, 0.6) is 0 Å². The highest BCUT2D eigenvalue weighted by Gasteiger charge is 2.33. The van der Waals surface area contributed by atoms with Gasteiger partial charge in [0.15, 0.2) is 23.9 Å². The van der Waals surface area contributed by atoms with Crippen molar-refractivity contribution in [1.29, 1.82) is 0 Å². The van der Waals surface area contributed by atoms with E-state index >= 15 is 0 Å². The predicted octanol–water partition coefficient (Wildman–Crippen LogP) is 9.99. The van der Waals surface area contributed by atoms with Gasteiger partial charge < -0.3 is 13.8 Å². The Balaban J connectivity index is 2.41. The van der Waals surface area contributed by atoms with E-state index in [1.54, 1.807) is 0 Å². The van der Waals surface area contributed by atoms with Crippen molar-refractivity contribution < 1.29 is 13.6 Å². The molecule has 0 aromatic heterocycles. The number of allylic oxidation sites excluding steroid dienone is 3. The highest BCUT2D eigenvalue weighted by atomic mass is 28.3. The molecule has 44 heavy (non-hydrogen) atoms. The monoisotopic (exact) mass is 641 g/mol. The van der Waals surface area contributed by atoms with Crippen LogP contribution in [-0.4, -0.2) is 49.2 Å². The number of rotatable bonds is 16. The lowest BCUT2D eigenvalue weighted by atomic mass is 9.72. The smallest absolute Gasteiger partial charge is 0.171 e. The number of ketones is 1. The topological polar surface area (TPSA) is 38.8 Å². The van der Waals surface area contributed by atoms with Gasteiger partial charge in [0.1, 0.15) is 0 Å². The molecular weight excluding hydrogens is 575 g/mol. The minimum Gasteiger partial charge on any atom is -0.415 e. The van der Waals surface area contributed by atoms with Gasteiger partial charge in [0.05, 0.1) is 12.2 Å². The molecule has 1 aromatic carbocycles. The van der Waals surface area contributed by atoms with Gasteiger partial charge in [-0.05, 0) is 90.5 Å². The van der Waals surface area contributed by atoms with E-state index in [9.17, 15) is 4.79 Å². The molecule has 0 bridgehead atoms. The molecule has 0 fully saturated rings. The Morgan fingerprint density at radius 1 is 0.818 bits per heavy atom. The number of nitrogens with zero attached hydrogens (tertiary/aromatic N) is 1. The largest absolute Gasteiger partial charge is 0.415 e. The van der Waals surface area contributed by atoms with E-state index in [4.69, 9.17) is 8.85 Å². The van der Waals surface area contributed by atoms with Gasteiger partial charge >= 0.3 is 0 Å². The molecule has 0 aliphatic heterocycles. The van der Waals surface area contributed by atoms with Crippen LogP contribution in [0.4, 0.5) is 5.69 Å². The SMILES string of the molecule is CCCCCCC1=C(C=Cc2ccc(N(CC(O[SiH](C)C)C(C)(C)C)CC(O[SiH](C)C)C(C)(C)C)cc2)CC(C)(C)CC1=O. The van der Waals surface area contributed by atoms with Crippen LogP contribution in [0.15, 0.2) is 41.5 Å². The fourth-order valence-electron chi connectivity index (χ4n) is 5.97. The van der Waals surface area contributed by atoms with Crippen LogP contribution in [0.25, 0.3) is 6.08 Å². The minimum absolute atomic E-state index is 0.0169. The van der Waals surface area contributed by atoms with Crippen LogP contribution in [0.3, 0.4) is 0 Å². The molecule has 2 atom stereocenters. The standard InChI is InChI=1S/C38H67NO3Si2/c1-14-15-16-17-18-32-30(25-38(8,9)26-33(32)40)22-19-29-20-23-31(24-21-29)39(27-34(36(2,3)4)41-43(10)11)28-35(37(5,6)7)42-44(12)13/h19-24,34-35,43-44H,14-18,25-28H2,1-13H3. The maximum absolute atomic E-state index is 13.2. The first kappa shape index (κ1) is 38.7. The summed E-state index contributed by atoms with van der Waals surface area (Å²) in [7, 11) is -2.45. The Labute approximate surface area is 275 Å². The molecule has 2 rings (SSSR count). The molecule has 6 heteroatoms. The third-order valence-electron chi connectivity index (χ3n) is 8.62. The zero-order chi connectivity index (χ0) is 33.3. The van der Waals surface area contributed by atoms with Gasteiger partial charge in [-0.2, -0.15) is 0 Å². The quantitative estimate of drug-likeness (QED) is 0.133. The maximum atomic E-state index is 13.2.